The monoisotopic (exact) mass is 456 g/mol. The van der Waals surface area contributed by atoms with E-state index in [9.17, 15) is 4.79 Å². The number of rotatable bonds is 7. The Labute approximate surface area is 204 Å². The predicted molar refractivity (Wildman–Crippen MR) is 142 cm³/mol. The van der Waals surface area contributed by atoms with Gasteiger partial charge in [-0.25, -0.2) is 5.43 Å². The predicted octanol–water partition coefficient (Wildman–Crippen LogP) is 6.71. The largest absolute Gasteiger partial charge is 0.323 e. The summed E-state index contributed by atoms with van der Waals surface area (Å²) < 4.78 is 1.91. The summed E-state index contributed by atoms with van der Waals surface area (Å²) in [4.78, 5) is 15.0. The van der Waals surface area contributed by atoms with Gasteiger partial charge in [0.1, 0.15) is 0 Å². The number of nitrogens with one attached hydrogen (secondary N) is 1. The smallest absolute Gasteiger partial charge is 0.273 e. The summed E-state index contributed by atoms with van der Waals surface area (Å²) in [5.74, 6) is -0.262. The molecule has 0 fully saturated rings. The van der Waals surface area contributed by atoms with Crippen molar-refractivity contribution in [1.29, 1.82) is 0 Å². The van der Waals surface area contributed by atoms with Crippen LogP contribution in [0.5, 0.6) is 0 Å². The van der Waals surface area contributed by atoms with E-state index < -0.39 is 0 Å². The number of anilines is 3. The van der Waals surface area contributed by atoms with Crippen LogP contribution < -0.4 is 10.3 Å². The molecular weight excluding hydrogens is 432 g/mol. The van der Waals surface area contributed by atoms with Gasteiger partial charge in [-0.05, 0) is 66.2 Å². The van der Waals surface area contributed by atoms with Gasteiger partial charge < -0.3 is 9.47 Å². The van der Waals surface area contributed by atoms with Gasteiger partial charge in [0.25, 0.3) is 5.91 Å². The molecule has 35 heavy (non-hydrogen) atoms. The van der Waals surface area contributed by atoms with Gasteiger partial charge in [0, 0.05) is 29.5 Å². The van der Waals surface area contributed by atoms with Crippen LogP contribution in [0.1, 0.15) is 15.9 Å². The molecule has 0 radical (unpaired) electrons. The van der Waals surface area contributed by atoms with Gasteiger partial charge in [-0.2, -0.15) is 5.10 Å². The fourth-order valence-corrected chi connectivity index (χ4v) is 3.92. The number of hydrogen-bond donors (Lipinski definition) is 1. The molecule has 5 nitrogen and oxygen atoms in total. The molecule has 170 valence electrons. The summed E-state index contributed by atoms with van der Waals surface area (Å²) in [6, 6.07) is 39.8. The average Bonchev–Trinajstić information content (AvgIpc) is 3.46. The number of para-hydroxylation sites is 3. The van der Waals surface area contributed by atoms with E-state index in [-0.39, 0.29) is 5.91 Å². The Balaban J connectivity index is 1.32. The SMILES string of the molecule is O=C(N/N=C/c1ccc(N(c2ccccc2)c2ccccc2)cc1)c1ccccc1-n1cccc1. The second kappa shape index (κ2) is 10.4. The number of hydrogen-bond acceptors (Lipinski definition) is 3. The fourth-order valence-electron chi connectivity index (χ4n) is 3.92. The topological polar surface area (TPSA) is 49.6 Å². The van der Waals surface area contributed by atoms with E-state index in [1.54, 1.807) is 12.3 Å². The second-order valence-electron chi connectivity index (χ2n) is 7.90. The number of amides is 1. The molecule has 1 amide bonds. The zero-order valence-corrected chi connectivity index (χ0v) is 19.0. The highest BCUT2D eigenvalue weighted by Gasteiger charge is 2.12. The van der Waals surface area contributed by atoms with Gasteiger partial charge in [-0.3, -0.25) is 4.79 Å². The van der Waals surface area contributed by atoms with Crippen molar-refractivity contribution in [2.75, 3.05) is 4.90 Å². The van der Waals surface area contributed by atoms with Crippen molar-refractivity contribution in [1.82, 2.24) is 9.99 Å². The lowest BCUT2D eigenvalue weighted by Crippen LogP contribution is -2.19. The first kappa shape index (κ1) is 21.9. The van der Waals surface area contributed by atoms with Gasteiger partial charge in [0.05, 0.1) is 17.5 Å². The molecule has 0 saturated carbocycles. The zero-order chi connectivity index (χ0) is 23.9. The molecule has 5 rings (SSSR count). The average molecular weight is 457 g/mol. The molecule has 5 aromatic rings. The molecule has 0 aliphatic rings. The van der Waals surface area contributed by atoms with E-state index in [0.29, 0.717) is 5.56 Å². The van der Waals surface area contributed by atoms with Crippen LogP contribution in [0, 0.1) is 0 Å². The summed E-state index contributed by atoms with van der Waals surface area (Å²) in [5.41, 5.74) is 8.07. The molecule has 1 aromatic heterocycles. The van der Waals surface area contributed by atoms with Crippen molar-refractivity contribution in [3.63, 3.8) is 0 Å². The molecule has 0 aliphatic carbocycles. The first-order chi connectivity index (χ1) is 17.3. The lowest BCUT2D eigenvalue weighted by atomic mass is 10.1. The third kappa shape index (κ3) is 5.04. The molecule has 0 spiro atoms. The minimum absolute atomic E-state index is 0.262. The minimum Gasteiger partial charge on any atom is -0.323 e. The quantitative estimate of drug-likeness (QED) is 0.219. The van der Waals surface area contributed by atoms with Crippen molar-refractivity contribution in [2.24, 2.45) is 5.10 Å². The van der Waals surface area contributed by atoms with E-state index >= 15 is 0 Å². The Morgan fingerprint density at radius 1 is 0.657 bits per heavy atom. The number of carbonyl (C=O) groups is 1. The highest BCUT2D eigenvalue weighted by atomic mass is 16.2. The van der Waals surface area contributed by atoms with Gasteiger partial charge >= 0.3 is 0 Å². The van der Waals surface area contributed by atoms with Crippen molar-refractivity contribution in [3.05, 3.63) is 145 Å². The van der Waals surface area contributed by atoms with E-state index in [4.69, 9.17) is 0 Å². The normalized spacial score (nSPS) is 10.9. The number of carbonyl (C=O) groups excluding carboxylic acids is 1. The highest BCUT2D eigenvalue weighted by molar-refractivity contribution is 5.98. The van der Waals surface area contributed by atoms with E-state index in [1.807, 2.05) is 108 Å². The van der Waals surface area contributed by atoms with Crippen molar-refractivity contribution < 1.29 is 4.79 Å². The molecule has 0 saturated heterocycles. The Bertz CT molecular complexity index is 1370. The van der Waals surface area contributed by atoms with Crippen LogP contribution in [0.4, 0.5) is 17.1 Å². The number of aromatic nitrogens is 1. The number of benzene rings is 4. The minimum atomic E-state index is -0.262. The first-order valence-electron chi connectivity index (χ1n) is 11.4. The molecular formula is C30H24N4O. The van der Waals surface area contributed by atoms with Crippen LogP contribution in [-0.2, 0) is 0 Å². The maximum atomic E-state index is 12.8. The van der Waals surface area contributed by atoms with Crippen LogP contribution >= 0.6 is 0 Å². The highest BCUT2D eigenvalue weighted by Crippen LogP contribution is 2.33. The summed E-state index contributed by atoms with van der Waals surface area (Å²) in [5, 5.41) is 4.18. The molecule has 0 unspecified atom stereocenters. The van der Waals surface area contributed by atoms with E-state index in [2.05, 4.69) is 39.7 Å². The molecule has 5 heteroatoms. The summed E-state index contributed by atoms with van der Waals surface area (Å²) in [7, 11) is 0. The summed E-state index contributed by atoms with van der Waals surface area (Å²) in [6.07, 6.45) is 5.46. The molecule has 1 N–H and O–H groups in total. The summed E-state index contributed by atoms with van der Waals surface area (Å²) >= 11 is 0. The Morgan fingerprint density at radius 2 is 1.20 bits per heavy atom. The second-order valence-corrected chi connectivity index (χ2v) is 7.90. The van der Waals surface area contributed by atoms with Gasteiger partial charge in [0.15, 0.2) is 0 Å². The molecule has 4 aromatic carbocycles. The zero-order valence-electron chi connectivity index (χ0n) is 19.0. The fraction of sp³-hybridized carbons (Fsp3) is 0. The van der Waals surface area contributed by atoms with Crippen molar-refractivity contribution >= 4 is 29.2 Å². The van der Waals surface area contributed by atoms with Gasteiger partial charge in [-0.1, -0.05) is 60.7 Å². The molecule has 0 atom stereocenters. The van der Waals surface area contributed by atoms with Crippen LogP contribution in [0.3, 0.4) is 0 Å². The van der Waals surface area contributed by atoms with Crippen LogP contribution in [0.2, 0.25) is 0 Å². The Morgan fingerprint density at radius 3 is 1.83 bits per heavy atom. The summed E-state index contributed by atoms with van der Waals surface area (Å²) in [6.45, 7) is 0. The van der Waals surface area contributed by atoms with Gasteiger partial charge in [-0.15, -0.1) is 0 Å². The number of nitrogens with zero attached hydrogens (tertiary/aromatic N) is 3. The van der Waals surface area contributed by atoms with Crippen molar-refractivity contribution in [3.8, 4) is 5.69 Å². The maximum absolute atomic E-state index is 12.8. The standard InChI is InChI=1S/C30H24N4O/c35-30(28-15-7-8-16-29(28)33-21-9-10-22-33)32-31-23-24-17-19-27(20-18-24)34(25-11-3-1-4-12-25)26-13-5-2-6-14-26/h1-23H,(H,32,35)/b31-23+. The van der Waals surface area contributed by atoms with Gasteiger partial charge in [0.2, 0.25) is 0 Å². The lowest BCUT2D eigenvalue weighted by Gasteiger charge is -2.25. The molecule has 0 aliphatic heterocycles. The van der Waals surface area contributed by atoms with Crippen LogP contribution in [0.25, 0.3) is 5.69 Å². The Kier molecular flexibility index (Phi) is 6.49. The molecule has 0 bridgehead atoms. The number of hydrazone groups is 1. The third-order valence-corrected chi connectivity index (χ3v) is 5.59. The lowest BCUT2D eigenvalue weighted by molar-refractivity contribution is 0.0955. The maximum Gasteiger partial charge on any atom is 0.273 e. The third-order valence-electron chi connectivity index (χ3n) is 5.59. The van der Waals surface area contributed by atoms with E-state index in [0.717, 1.165) is 28.3 Å². The van der Waals surface area contributed by atoms with Crippen LogP contribution in [0.15, 0.2) is 139 Å². The van der Waals surface area contributed by atoms with Crippen molar-refractivity contribution in [2.45, 2.75) is 0 Å². The van der Waals surface area contributed by atoms with Crippen LogP contribution in [-0.4, -0.2) is 16.7 Å². The van der Waals surface area contributed by atoms with E-state index in [1.165, 1.54) is 0 Å². The Hall–Kier alpha value is -4.90. The molecule has 1 heterocycles. The first-order valence-corrected chi connectivity index (χ1v) is 11.4.